The number of hydrogen-bond acceptors (Lipinski definition) is 5. The number of nitrogens with zero attached hydrogens (tertiary/aromatic N) is 1. The average molecular weight is 407 g/mol. The van der Waals surface area contributed by atoms with Crippen molar-refractivity contribution >= 4 is 17.7 Å². The summed E-state index contributed by atoms with van der Waals surface area (Å²) in [5.41, 5.74) is 3.44. The zero-order valence-corrected chi connectivity index (χ0v) is 16.5. The maximum Gasteiger partial charge on any atom is 0.307 e. The van der Waals surface area contributed by atoms with Crippen LogP contribution < -0.4 is 10.6 Å². The number of rotatable bonds is 8. The van der Waals surface area contributed by atoms with Crippen LogP contribution in [0.25, 0.3) is 11.1 Å². The molecule has 3 rings (SSSR count). The molecule has 2 N–H and O–H groups in total. The average Bonchev–Trinajstić information content (AvgIpc) is 2.78. The highest BCUT2D eigenvalue weighted by Crippen LogP contribution is 2.20. The Hall–Kier alpha value is -3.74. The van der Waals surface area contributed by atoms with E-state index in [1.807, 2.05) is 24.3 Å². The van der Waals surface area contributed by atoms with Crippen LogP contribution in [-0.4, -0.2) is 30.5 Å². The van der Waals surface area contributed by atoms with E-state index in [4.69, 9.17) is 0 Å². The number of nitrogens with one attached hydrogen (secondary N) is 2. The summed E-state index contributed by atoms with van der Waals surface area (Å²) < 4.78 is 17.6. The fourth-order valence-corrected chi connectivity index (χ4v) is 2.76. The number of pyridine rings is 1. The number of ether oxygens (including phenoxy) is 1. The van der Waals surface area contributed by atoms with Gasteiger partial charge in [-0.25, -0.2) is 9.37 Å². The van der Waals surface area contributed by atoms with Crippen molar-refractivity contribution in [2.75, 3.05) is 19.0 Å². The van der Waals surface area contributed by atoms with Gasteiger partial charge in [0.2, 0.25) is 0 Å². The SMILES string of the molecule is COC(=O)CCNC(=O)c1ccc(NCc2ccc(-c3ccc(F)cc3)cc2)nc1. The molecule has 0 aliphatic rings. The van der Waals surface area contributed by atoms with Crippen molar-refractivity contribution in [2.24, 2.45) is 0 Å². The molecule has 0 aliphatic carbocycles. The molecule has 1 amide bonds. The second-order valence-electron chi connectivity index (χ2n) is 6.57. The maximum absolute atomic E-state index is 13.0. The first-order valence-corrected chi connectivity index (χ1v) is 9.45. The van der Waals surface area contributed by atoms with E-state index >= 15 is 0 Å². The molecule has 6 nitrogen and oxygen atoms in total. The zero-order valence-electron chi connectivity index (χ0n) is 16.5. The Kier molecular flexibility index (Phi) is 7.10. The summed E-state index contributed by atoms with van der Waals surface area (Å²) in [7, 11) is 1.31. The third kappa shape index (κ3) is 5.88. The molecule has 1 heterocycles. The van der Waals surface area contributed by atoms with Gasteiger partial charge in [-0.2, -0.15) is 0 Å². The molecular weight excluding hydrogens is 385 g/mol. The van der Waals surface area contributed by atoms with Gasteiger partial charge in [0.25, 0.3) is 5.91 Å². The van der Waals surface area contributed by atoms with Crippen LogP contribution in [0.5, 0.6) is 0 Å². The van der Waals surface area contributed by atoms with Gasteiger partial charge in [-0.1, -0.05) is 36.4 Å². The Morgan fingerprint density at radius 2 is 1.63 bits per heavy atom. The molecule has 7 heteroatoms. The molecule has 0 unspecified atom stereocenters. The van der Waals surface area contributed by atoms with Gasteiger partial charge in [0.1, 0.15) is 11.6 Å². The molecule has 3 aromatic rings. The van der Waals surface area contributed by atoms with Crippen LogP contribution >= 0.6 is 0 Å². The molecule has 30 heavy (non-hydrogen) atoms. The minimum absolute atomic E-state index is 0.120. The summed E-state index contributed by atoms with van der Waals surface area (Å²) in [5.74, 6) is -0.284. The smallest absolute Gasteiger partial charge is 0.307 e. The molecule has 0 spiro atoms. The lowest BCUT2D eigenvalue weighted by molar-refractivity contribution is -0.140. The fourth-order valence-electron chi connectivity index (χ4n) is 2.76. The largest absolute Gasteiger partial charge is 0.469 e. The third-order valence-electron chi connectivity index (χ3n) is 4.47. The third-order valence-corrected chi connectivity index (χ3v) is 4.47. The minimum Gasteiger partial charge on any atom is -0.469 e. The highest BCUT2D eigenvalue weighted by atomic mass is 19.1. The molecule has 0 saturated carbocycles. The zero-order chi connectivity index (χ0) is 21.3. The summed E-state index contributed by atoms with van der Waals surface area (Å²) in [5, 5.41) is 5.85. The van der Waals surface area contributed by atoms with E-state index in [1.165, 1.54) is 25.4 Å². The minimum atomic E-state index is -0.376. The number of aromatic nitrogens is 1. The number of methoxy groups -OCH3 is 1. The first-order valence-electron chi connectivity index (χ1n) is 9.45. The number of carbonyl (C=O) groups excluding carboxylic acids is 2. The standard InChI is InChI=1S/C23H22FN3O3/c1-30-22(28)12-13-25-23(29)19-8-11-21(27-15-19)26-14-16-2-4-17(5-3-16)18-6-9-20(24)10-7-18/h2-11,15H,12-14H2,1H3,(H,25,29)(H,26,27). The number of halogens is 1. The fraction of sp³-hybridized carbons (Fsp3) is 0.174. The molecule has 1 aromatic heterocycles. The van der Waals surface area contributed by atoms with Crippen LogP contribution in [-0.2, 0) is 16.1 Å². The number of carbonyl (C=O) groups is 2. The van der Waals surface area contributed by atoms with Gasteiger partial charge in [-0.15, -0.1) is 0 Å². The van der Waals surface area contributed by atoms with Crippen molar-refractivity contribution in [1.82, 2.24) is 10.3 Å². The van der Waals surface area contributed by atoms with Gasteiger partial charge >= 0.3 is 5.97 Å². The molecule has 0 aliphatic heterocycles. The van der Waals surface area contributed by atoms with Gasteiger partial charge in [-0.3, -0.25) is 9.59 Å². The van der Waals surface area contributed by atoms with Crippen molar-refractivity contribution in [3.63, 3.8) is 0 Å². The lowest BCUT2D eigenvalue weighted by Gasteiger charge is -2.08. The van der Waals surface area contributed by atoms with E-state index in [1.54, 1.807) is 24.3 Å². The second-order valence-corrected chi connectivity index (χ2v) is 6.57. The molecule has 0 bridgehead atoms. The van der Waals surface area contributed by atoms with Crippen molar-refractivity contribution in [3.05, 3.63) is 83.8 Å². The van der Waals surface area contributed by atoms with Crippen LogP contribution in [0.1, 0.15) is 22.3 Å². The van der Waals surface area contributed by atoms with Gasteiger partial charge < -0.3 is 15.4 Å². The van der Waals surface area contributed by atoms with Crippen molar-refractivity contribution in [3.8, 4) is 11.1 Å². The van der Waals surface area contributed by atoms with E-state index < -0.39 is 0 Å². The van der Waals surface area contributed by atoms with Crippen LogP contribution in [0.2, 0.25) is 0 Å². The van der Waals surface area contributed by atoms with Gasteiger partial charge in [-0.05, 0) is 41.0 Å². The first kappa shape index (κ1) is 21.0. The summed E-state index contributed by atoms with van der Waals surface area (Å²) >= 11 is 0. The lowest BCUT2D eigenvalue weighted by Crippen LogP contribution is -2.26. The topological polar surface area (TPSA) is 80.3 Å². The quantitative estimate of drug-likeness (QED) is 0.556. The van der Waals surface area contributed by atoms with Gasteiger partial charge in [0, 0.05) is 19.3 Å². The van der Waals surface area contributed by atoms with Crippen molar-refractivity contribution < 1.29 is 18.7 Å². The monoisotopic (exact) mass is 407 g/mol. The van der Waals surface area contributed by atoms with Gasteiger partial charge in [0.15, 0.2) is 0 Å². The van der Waals surface area contributed by atoms with E-state index in [-0.39, 0.29) is 30.7 Å². The van der Waals surface area contributed by atoms with Crippen LogP contribution in [0, 0.1) is 5.82 Å². The van der Waals surface area contributed by atoms with E-state index in [0.29, 0.717) is 17.9 Å². The molecule has 2 aromatic carbocycles. The highest BCUT2D eigenvalue weighted by molar-refractivity contribution is 5.94. The Balaban J connectivity index is 1.50. The Bertz CT molecular complexity index is 988. The van der Waals surface area contributed by atoms with Crippen LogP contribution in [0.4, 0.5) is 10.2 Å². The van der Waals surface area contributed by atoms with Gasteiger partial charge in [0.05, 0.1) is 19.1 Å². The Labute approximate surface area is 174 Å². The Morgan fingerprint density at radius 1 is 0.967 bits per heavy atom. The Morgan fingerprint density at radius 3 is 2.23 bits per heavy atom. The number of benzene rings is 2. The predicted molar refractivity (Wildman–Crippen MR) is 112 cm³/mol. The summed E-state index contributed by atoms with van der Waals surface area (Å²) in [6.45, 7) is 0.779. The van der Waals surface area contributed by atoms with E-state index in [2.05, 4.69) is 20.4 Å². The van der Waals surface area contributed by atoms with Crippen LogP contribution in [0.15, 0.2) is 66.9 Å². The summed E-state index contributed by atoms with van der Waals surface area (Å²) in [6, 6.07) is 17.7. The summed E-state index contributed by atoms with van der Waals surface area (Å²) in [4.78, 5) is 27.3. The van der Waals surface area contributed by atoms with Crippen LogP contribution in [0.3, 0.4) is 0 Å². The number of anilines is 1. The maximum atomic E-state index is 13.0. The molecule has 0 saturated heterocycles. The highest BCUT2D eigenvalue weighted by Gasteiger charge is 2.07. The predicted octanol–water partition coefficient (Wildman–Crippen LogP) is 3.79. The van der Waals surface area contributed by atoms with Crippen molar-refractivity contribution in [1.29, 1.82) is 0 Å². The molecule has 0 atom stereocenters. The number of hydrogen-bond donors (Lipinski definition) is 2. The normalized spacial score (nSPS) is 10.3. The molecule has 0 fully saturated rings. The van der Waals surface area contributed by atoms with E-state index in [9.17, 15) is 14.0 Å². The first-order chi connectivity index (χ1) is 14.5. The lowest BCUT2D eigenvalue weighted by atomic mass is 10.0. The van der Waals surface area contributed by atoms with E-state index in [0.717, 1.165) is 16.7 Å². The molecule has 154 valence electrons. The second kappa shape index (κ2) is 10.2. The van der Waals surface area contributed by atoms with Crippen molar-refractivity contribution in [2.45, 2.75) is 13.0 Å². The summed E-state index contributed by atoms with van der Waals surface area (Å²) in [6.07, 6.45) is 1.60. The molecular formula is C23H22FN3O3. The molecule has 0 radical (unpaired) electrons. The number of amides is 1. The number of esters is 1.